The molecule has 2 rings (SSSR count). The predicted octanol–water partition coefficient (Wildman–Crippen LogP) is 2.55. The van der Waals surface area contributed by atoms with Crippen LogP contribution in [-0.2, 0) is 11.3 Å². The molecule has 0 atom stereocenters. The average Bonchev–Trinajstić information content (AvgIpc) is 2.38. The Morgan fingerprint density at radius 2 is 1.85 bits per heavy atom. The molecule has 0 spiro atoms. The van der Waals surface area contributed by atoms with Gasteiger partial charge in [0.25, 0.3) is 0 Å². The lowest BCUT2D eigenvalue weighted by atomic mass is 10.2. The van der Waals surface area contributed by atoms with E-state index in [1.54, 1.807) is 6.07 Å². The van der Waals surface area contributed by atoms with Gasteiger partial charge >= 0.3 is 12.1 Å². The summed E-state index contributed by atoms with van der Waals surface area (Å²) in [6, 6.07) is 7.35. The Hall–Kier alpha value is -1.27. The molecule has 1 heterocycles. The molecule has 1 saturated heterocycles. The summed E-state index contributed by atoms with van der Waals surface area (Å²) >= 11 is 5.88. The first-order valence-corrected chi connectivity index (χ1v) is 6.57. The smallest absolute Gasteiger partial charge is 0.332 e. The summed E-state index contributed by atoms with van der Waals surface area (Å²) in [7, 11) is 0. The van der Waals surface area contributed by atoms with Gasteiger partial charge in [-0.05, 0) is 17.7 Å². The lowest BCUT2D eigenvalue weighted by molar-refractivity contribution is -0.187. The summed E-state index contributed by atoms with van der Waals surface area (Å²) in [4.78, 5) is 14.0. The second kappa shape index (κ2) is 6.01. The van der Waals surface area contributed by atoms with Gasteiger partial charge in [-0.3, -0.25) is 9.69 Å². The number of hydrogen-bond donors (Lipinski definition) is 0. The van der Waals surface area contributed by atoms with Gasteiger partial charge in [0.1, 0.15) is 0 Å². The Labute approximate surface area is 119 Å². The number of hydrogen-bond acceptors (Lipinski definition) is 2. The van der Waals surface area contributed by atoms with Gasteiger partial charge in [-0.15, -0.1) is 0 Å². The molecule has 1 fully saturated rings. The van der Waals surface area contributed by atoms with Crippen LogP contribution in [0, 0.1) is 0 Å². The molecule has 110 valence electrons. The Bertz CT molecular complexity index is 485. The zero-order valence-electron chi connectivity index (χ0n) is 10.7. The number of carbonyl (C=O) groups excluding carboxylic acids is 1. The van der Waals surface area contributed by atoms with Crippen molar-refractivity contribution in [2.24, 2.45) is 0 Å². The van der Waals surface area contributed by atoms with Crippen molar-refractivity contribution < 1.29 is 18.0 Å². The SMILES string of the molecule is O=C(N1CCN(Cc2cccc(Cl)c2)CC1)C(F)(F)F. The fraction of sp³-hybridized carbons (Fsp3) is 0.462. The number of halogens is 4. The fourth-order valence-electron chi connectivity index (χ4n) is 2.18. The van der Waals surface area contributed by atoms with Gasteiger partial charge < -0.3 is 4.90 Å². The lowest BCUT2D eigenvalue weighted by Crippen LogP contribution is -2.52. The number of piperazine rings is 1. The van der Waals surface area contributed by atoms with Crippen molar-refractivity contribution in [2.45, 2.75) is 12.7 Å². The highest BCUT2D eigenvalue weighted by Gasteiger charge is 2.43. The van der Waals surface area contributed by atoms with Crippen LogP contribution in [0.3, 0.4) is 0 Å². The van der Waals surface area contributed by atoms with E-state index in [0.29, 0.717) is 24.7 Å². The van der Waals surface area contributed by atoms with Crippen LogP contribution in [0.1, 0.15) is 5.56 Å². The highest BCUT2D eigenvalue weighted by Crippen LogP contribution is 2.20. The van der Waals surface area contributed by atoms with Crippen molar-refractivity contribution in [1.82, 2.24) is 9.80 Å². The zero-order chi connectivity index (χ0) is 14.8. The Balaban J connectivity index is 1.87. The summed E-state index contributed by atoms with van der Waals surface area (Å²) in [5.74, 6) is -1.75. The van der Waals surface area contributed by atoms with Crippen molar-refractivity contribution in [2.75, 3.05) is 26.2 Å². The van der Waals surface area contributed by atoms with Crippen LogP contribution in [0.5, 0.6) is 0 Å². The molecule has 1 aromatic rings. The normalized spacial score (nSPS) is 17.3. The van der Waals surface area contributed by atoms with E-state index < -0.39 is 12.1 Å². The quantitative estimate of drug-likeness (QED) is 0.838. The molecular weight excluding hydrogens is 293 g/mol. The number of rotatable bonds is 2. The molecule has 0 N–H and O–H groups in total. The third-order valence-electron chi connectivity index (χ3n) is 3.20. The van der Waals surface area contributed by atoms with Crippen molar-refractivity contribution in [3.63, 3.8) is 0 Å². The standard InChI is InChI=1S/C13H14ClF3N2O/c14-11-3-1-2-10(8-11)9-18-4-6-19(7-5-18)12(20)13(15,16)17/h1-3,8H,4-7,9H2. The molecule has 0 bridgehead atoms. The van der Waals surface area contributed by atoms with Crippen LogP contribution in [0.25, 0.3) is 0 Å². The number of alkyl halides is 3. The molecule has 0 unspecified atom stereocenters. The highest BCUT2D eigenvalue weighted by molar-refractivity contribution is 6.30. The lowest BCUT2D eigenvalue weighted by Gasteiger charge is -2.35. The molecule has 1 aromatic carbocycles. The highest BCUT2D eigenvalue weighted by atomic mass is 35.5. The molecule has 1 aliphatic rings. The second-order valence-electron chi connectivity index (χ2n) is 4.70. The maximum absolute atomic E-state index is 12.3. The van der Waals surface area contributed by atoms with E-state index in [0.717, 1.165) is 10.5 Å². The number of carbonyl (C=O) groups is 1. The molecule has 0 aliphatic carbocycles. The molecule has 7 heteroatoms. The van der Waals surface area contributed by atoms with E-state index in [4.69, 9.17) is 11.6 Å². The van der Waals surface area contributed by atoms with Gasteiger partial charge in [-0.25, -0.2) is 0 Å². The molecular formula is C13H14ClF3N2O. The summed E-state index contributed by atoms with van der Waals surface area (Å²) in [6.07, 6.45) is -4.78. The van der Waals surface area contributed by atoms with Gasteiger partial charge in [0.05, 0.1) is 0 Å². The third kappa shape index (κ3) is 3.86. The van der Waals surface area contributed by atoms with Gasteiger partial charge in [0.2, 0.25) is 0 Å². The average molecular weight is 307 g/mol. The largest absolute Gasteiger partial charge is 0.471 e. The Morgan fingerprint density at radius 1 is 1.20 bits per heavy atom. The van der Waals surface area contributed by atoms with Crippen molar-refractivity contribution in [3.05, 3.63) is 34.9 Å². The van der Waals surface area contributed by atoms with E-state index in [9.17, 15) is 18.0 Å². The zero-order valence-corrected chi connectivity index (χ0v) is 11.4. The van der Waals surface area contributed by atoms with Crippen LogP contribution >= 0.6 is 11.6 Å². The van der Waals surface area contributed by atoms with Crippen LogP contribution in [0.15, 0.2) is 24.3 Å². The molecule has 3 nitrogen and oxygen atoms in total. The minimum absolute atomic E-state index is 0.0961. The Kier molecular flexibility index (Phi) is 4.55. The summed E-state index contributed by atoms with van der Waals surface area (Å²) < 4.78 is 36.9. The summed E-state index contributed by atoms with van der Waals surface area (Å²) in [5, 5.41) is 0.633. The van der Waals surface area contributed by atoms with E-state index >= 15 is 0 Å². The van der Waals surface area contributed by atoms with E-state index in [1.807, 2.05) is 23.1 Å². The van der Waals surface area contributed by atoms with Crippen molar-refractivity contribution in [3.8, 4) is 0 Å². The van der Waals surface area contributed by atoms with Crippen LogP contribution in [0.2, 0.25) is 5.02 Å². The van der Waals surface area contributed by atoms with E-state index in [-0.39, 0.29) is 13.1 Å². The first-order chi connectivity index (χ1) is 9.36. The van der Waals surface area contributed by atoms with Crippen LogP contribution in [-0.4, -0.2) is 48.1 Å². The molecule has 1 aliphatic heterocycles. The maximum Gasteiger partial charge on any atom is 0.471 e. The van der Waals surface area contributed by atoms with Gasteiger partial charge in [0, 0.05) is 37.7 Å². The topological polar surface area (TPSA) is 23.6 Å². The molecule has 0 aromatic heterocycles. The molecule has 0 radical (unpaired) electrons. The number of benzene rings is 1. The summed E-state index contributed by atoms with van der Waals surface area (Å²) in [5.41, 5.74) is 1.01. The van der Waals surface area contributed by atoms with E-state index in [1.165, 1.54) is 0 Å². The van der Waals surface area contributed by atoms with Gasteiger partial charge in [0.15, 0.2) is 0 Å². The molecule has 20 heavy (non-hydrogen) atoms. The monoisotopic (exact) mass is 306 g/mol. The molecule has 1 amide bonds. The molecule has 0 saturated carbocycles. The minimum Gasteiger partial charge on any atom is -0.332 e. The Morgan fingerprint density at radius 3 is 2.40 bits per heavy atom. The van der Waals surface area contributed by atoms with Crippen molar-refractivity contribution >= 4 is 17.5 Å². The van der Waals surface area contributed by atoms with Gasteiger partial charge in [-0.1, -0.05) is 23.7 Å². The maximum atomic E-state index is 12.3. The predicted molar refractivity (Wildman–Crippen MR) is 69.4 cm³/mol. The minimum atomic E-state index is -4.78. The summed E-state index contributed by atoms with van der Waals surface area (Å²) in [6.45, 7) is 1.66. The first kappa shape index (κ1) is 15.1. The van der Waals surface area contributed by atoms with Crippen LogP contribution in [0.4, 0.5) is 13.2 Å². The first-order valence-electron chi connectivity index (χ1n) is 6.19. The van der Waals surface area contributed by atoms with Crippen LogP contribution < -0.4 is 0 Å². The van der Waals surface area contributed by atoms with Crippen molar-refractivity contribution in [1.29, 1.82) is 0 Å². The number of nitrogens with zero attached hydrogens (tertiary/aromatic N) is 2. The number of amides is 1. The van der Waals surface area contributed by atoms with Gasteiger partial charge in [-0.2, -0.15) is 13.2 Å². The second-order valence-corrected chi connectivity index (χ2v) is 5.13. The fourth-order valence-corrected chi connectivity index (χ4v) is 2.39. The van der Waals surface area contributed by atoms with E-state index in [2.05, 4.69) is 0 Å². The third-order valence-corrected chi connectivity index (χ3v) is 3.43.